The molecule has 0 heterocycles. The third-order valence-electron chi connectivity index (χ3n) is 2.61. The van der Waals surface area contributed by atoms with Crippen molar-refractivity contribution in [3.8, 4) is 0 Å². The van der Waals surface area contributed by atoms with Gasteiger partial charge in [0.05, 0.1) is 0 Å². The van der Waals surface area contributed by atoms with Gasteiger partial charge in [0.15, 0.2) is 0 Å². The minimum absolute atomic E-state index is 0. The molecule has 0 spiro atoms. The Balaban J connectivity index is 0.00000400. The SMILES string of the molecule is C[C@@H](CN)NS(=O)(=O)c1ccccc1S(=O)(=O)N(C)C.Cl. The van der Waals surface area contributed by atoms with Gasteiger partial charge in [-0.1, -0.05) is 12.1 Å². The molecule has 0 fully saturated rings. The molecule has 0 aliphatic carbocycles. The van der Waals surface area contributed by atoms with Crippen molar-refractivity contribution in [3.05, 3.63) is 24.3 Å². The van der Waals surface area contributed by atoms with Crippen LogP contribution in [0.1, 0.15) is 6.92 Å². The van der Waals surface area contributed by atoms with Gasteiger partial charge < -0.3 is 5.73 Å². The molecule has 0 aliphatic heterocycles. The summed E-state index contributed by atoms with van der Waals surface area (Å²) in [5.41, 5.74) is 5.38. The maximum atomic E-state index is 12.2. The molecule has 7 nitrogen and oxygen atoms in total. The van der Waals surface area contributed by atoms with E-state index in [-0.39, 0.29) is 28.7 Å². The Morgan fingerprint density at radius 3 is 2.05 bits per heavy atom. The van der Waals surface area contributed by atoms with E-state index in [2.05, 4.69) is 4.72 Å². The first-order chi connectivity index (χ1) is 9.13. The van der Waals surface area contributed by atoms with Gasteiger partial charge in [0.2, 0.25) is 20.0 Å². The van der Waals surface area contributed by atoms with Crippen LogP contribution in [0.15, 0.2) is 34.1 Å². The van der Waals surface area contributed by atoms with Gasteiger partial charge in [-0.25, -0.2) is 25.9 Å². The summed E-state index contributed by atoms with van der Waals surface area (Å²) in [4.78, 5) is -0.546. The van der Waals surface area contributed by atoms with Gasteiger partial charge in [-0.2, -0.15) is 0 Å². The lowest BCUT2D eigenvalue weighted by atomic mass is 10.4. The zero-order chi connectivity index (χ0) is 15.6. The lowest BCUT2D eigenvalue weighted by Gasteiger charge is -2.17. The van der Waals surface area contributed by atoms with E-state index >= 15 is 0 Å². The Morgan fingerprint density at radius 1 is 1.14 bits per heavy atom. The largest absolute Gasteiger partial charge is 0.329 e. The van der Waals surface area contributed by atoms with Gasteiger partial charge in [0, 0.05) is 26.7 Å². The van der Waals surface area contributed by atoms with E-state index in [1.807, 2.05) is 0 Å². The second-order valence-electron chi connectivity index (χ2n) is 4.49. The third kappa shape index (κ3) is 4.63. The van der Waals surface area contributed by atoms with E-state index in [0.29, 0.717) is 0 Å². The van der Waals surface area contributed by atoms with Gasteiger partial charge in [-0.05, 0) is 19.1 Å². The van der Waals surface area contributed by atoms with Crippen LogP contribution in [-0.2, 0) is 20.0 Å². The molecule has 0 aromatic heterocycles. The maximum Gasteiger partial charge on any atom is 0.243 e. The zero-order valence-electron chi connectivity index (χ0n) is 12.0. The molecular formula is C11H20ClN3O4S2. The predicted molar refractivity (Wildman–Crippen MR) is 83.4 cm³/mol. The minimum atomic E-state index is -3.95. The van der Waals surface area contributed by atoms with Crippen molar-refractivity contribution in [1.29, 1.82) is 0 Å². The second-order valence-corrected chi connectivity index (χ2v) is 8.29. The highest BCUT2D eigenvalue weighted by molar-refractivity contribution is 7.92. The van der Waals surface area contributed by atoms with Gasteiger partial charge in [0.1, 0.15) is 9.79 Å². The summed E-state index contributed by atoms with van der Waals surface area (Å²) in [5, 5.41) is 0. The van der Waals surface area contributed by atoms with Crippen molar-refractivity contribution in [2.24, 2.45) is 5.73 Å². The first kappa shape index (κ1) is 20.3. The summed E-state index contributed by atoms with van der Waals surface area (Å²) in [6.07, 6.45) is 0. The molecule has 0 aliphatic rings. The fraction of sp³-hybridized carbons (Fsp3) is 0.455. The van der Waals surface area contributed by atoms with Gasteiger partial charge in [-0.15, -0.1) is 12.4 Å². The molecule has 0 saturated heterocycles. The summed E-state index contributed by atoms with van der Waals surface area (Å²) < 4.78 is 52.1. The number of benzene rings is 1. The highest BCUT2D eigenvalue weighted by atomic mass is 35.5. The number of hydrogen-bond acceptors (Lipinski definition) is 5. The highest BCUT2D eigenvalue weighted by Gasteiger charge is 2.28. The molecule has 1 aromatic rings. The first-order valence-electron chi connectivity index (χ1n) is 5.87. The molecule has 0 radical (unpaired) electrons. The number of rotatable bonds is 6. The molecular weight excluding hydrogens is 338 g/mol. The number of sulfonamides is 2. The molecule has 1 atom stereocenters. The highest BCUT2D eigenvalue weighted by Crippen LogP contribution is 2.22. The van der Waals surface area contributed by atoms with Crippen molar-refractivity contribution >= 4 is 32.5 Å². The van der Waals surface area contributed by atoms with E-state index in [4.69, 9.17) is 5.73 Å². The quantitative estimate of drug-likeness (QED) is 0.743. The fourth-order valence-electron chi connectivity index (χ4n) is 1.46. The average molecular weight is 358 g/mol. The monoisotopic (exact) mass is 357 g/mol. The lowest BCUT2D eigenvalue weighted by Crippen LogP contribution is -2.38. The fourth-order valence-corrected chi connectivity index (χ4v) is 4.41. The van der Waals surface area contributed by atoms with E-state index in [9.17, 15) is 16.8 Å². The number of halogens is 1. The summed E-state index contributed by atoms with van der Waals surface area (Å²) in [6.45, 7) is 1.71. The van der Waals surface area contributed by atoms with E-state index < -0.39 is 26.1 Å². The Bertz CT molecular complexity index is 674. The third-order valence-corrected chi connectivity index (χ3v) is 6.26. The van der Waals surface area contributed by atoms with Crippen LogP contribution >= 0.6 is 12.4 Å². The van der Waals surface area contributed by atoms with Crippen LogP contribution in [0.4, 0.5) is 0 Å². The molecule has 0 saturated carbocycles. The number of nitrogens with two attached hydrogens (primary N) is 1. The summed E-state index contributed by atoms with van der Waals surface area (Å²) in [5.74, 6) is 0. The van der Waals surface area contributed by atoms with Crippen LogP contribution in [0, 0.1) is 0 Å². The molecule has 0 unspecified atom stereocenters. The number of hydrogen-bond donors (Lipinski definition) is 2. The Hall–Kier alpha value is -0.710. The van der Waals surface area contributed by atoms with Gasteiger partial charge >= 0.3 is 0 Å². The Kier molecular flexibility index (Phi) is 7.27. The average Bonchev–Trinajstić information content (AvgIpc) is 2.38. The van der Waals surface area contributed by atoms with E-state index in [1.54, 1.807) is 6.92 Å². The van der Waals surface area contributed by atoms with Crippen LogP contribution in [-0.4, -0.2) is 47.8 Å². The van der Waals surface area contributed by atoms with E-state index in [0.717, 1.165) is 4.31 Å². The van der Waals surface area contributed by atoms with Crippen molar-refractivity contribution in [2.45, 2.75) is 22.8 Å². The lowest BCUT2D eigenvalue weighted by molar-refractivity contribution is 0.515. The van der Waals surface area contributed by atoms with Gasteiger partial charge in [-0.3, -0.25) is 0 Å². The summed E-state index contributed by atoms with van der Waals surface area (Å²) >= 11 is 0. The smallest absolute Gasteiger partial charge is 0.243 e. The van der Waals surface area contributed by atoms with Crippen molar-refractivity contribution in [3.63, 3.8) is 0 Å². The summed E-state index contributed by atoms with van der Waals surface area (Å²) in [7, 11) is -5.12. The van der Waals surface area contributed by atoms with Crippen LogP contribution in [0.3, 0.4) is 0 Å². The Labute approximate surface area is 132 Å². The standard InChI is InChI=1S/C11H19N3O4S2.ClH/c1-9(8-12)13-19(15,16)10-6-4-5-7-11(10)20(17,18)14(2)3;/h4-7,9,13H,8,12H2,1-3H3;1H/t9-;/m0./s1. The van der Waals surface area contributed by atoms with E-state index in [1.165, 1.54) is 38.4 Å². The molecule has 21 heavy (non-hydrogen) atoms. The molecule has 1 aromatic carbocycles. The van der Waals surface area contributed by atoms with Crippen molar-refractivity contribution < 1.29 is 16.8 Å². The maximum absolute atomic E-state index is 12.2. The number of nitrogens with zero attached hydrogens (tertiary/aromatic N) is 1. The van der Waals surface area contributed by atoms with Crippen molar-refractivity contribution in [2.75, 3.05) is 20.6 Å². The topological polar surface area (TPSA) is 110 Å². The van der Waals surface area contributed by atoms with Crippen LogP contribution < -0.4 is 10.5 Å². The normalized spacial score (nSPS) is 13.8. The number of nitrogens with one attached hydrogen (secondary N) is 1. The Morgan fingerprint density at radius 2 is 1.62 bits per heavy atom. The van der Waals surface area contributed by atoms with Crippen LogP contribution in [0.25, 0.3) is 0 Å². The molecule has 0 amide bonds. The molecule has 3 N–H and O–H groups in total. The zero-order valence-corrected chi connectivity index (χ0v) is 14.4. The first-order valence-corrected chi connectivity index (χ1v) is 8.79. The van der Waals surface area contributed by atoms with Crippen molar-refractivity contribution in [1.82, 2.24) is 9.03 Å². The molecule has 122 valence electrons. The molecule has 10 heteroatoms. The summed E-state index contributed by atoms with van der Waals surface area (Å²) in [6, 6.07) is 4.96. The van der Waals surface area contributed by atoms with Gasteiger partial charge in [0.25, 0.3) is 0 Å². The molecule has 0 bridgehead atoms. The minimum Gasteiger partial charge on any atom is -0.329 e. The van der Waals surface area contributed by atoms with Crippen LogP contribution in [0.2, 0.25) is 0 Å². The van der Waals surface area contributed by atoms with Crippen LogP contribution in [0.5, 0.6) is 0 Å². The second kappa shape index (κ2) is 7.52. The predicted octanol–water partition coefficient (Wildman–Crippen LogP) is -0.0158. The molecule has 1 rings (SSSR count).